The fourth-order valence-corrected chi connectivity index (χ4v) is 1.49. The Labute approximate surface area is 83.2 Å². The second-order valence-corrected chi connectivity index (χ2v) is 3.36. The SMILES string of the molecule is CCN=C(NCC)N1CCC(F)(F)C1. The summed E-state index contributed by atoms with van der Waals surface area (Å²) in [7, 11) is 0. The van der Waals surface area contributed by atoms with Crippen LogP contribution in [-0.4, -0.2) is 43.0 Å². The molecule has 0 aromatic carbocycles. The molecule has 1 aliphatic rings. The van der Waals surface area contributed by atoms with Crippen molar-refractivity contribution in [3.8, 4) is 0 Å². The lowest BCUT2D eigenvalue weighted by atomic mass is 10.3. The van der Waals surface area contributed by atoms with Crippen LogP contribution < -0.4 is 5.32 Å². The first-order valence-corrected chi connectivity index (χ1v) is 5.00. The van der Waals surface area contributed by atoms with Crippen molar-refractivity contribution in [2.75, 3.05) is 26.2 Å². The van der Waals surface area contributed by atoms with Crippen molar-refractivity contribution >= 4 is 5.96 Å². The topological polar surface area (TPSA) is 27.6 Å². The molecule has 5 heteroatoms. The van der Waals surface area contributed by atoms with Gasteiger partial charge >= 0.3 is 0 Å². The van der Waals surface area contributed by atoms with Gasteiger partial charge in [-0.05, 0) is 13.8 Å². The molecule has 1 saturated heterocycles. The molecule has 0 saturated carbocycles. The highest BCUT2D eigenvalue weighted by Gasteiger charge is 2.39. The van der Waals surface area contributed by atoms with Crippen molar-refractivity contribution in [3.05, 3.63) is 0 Å². The lowest BCUT2D eigenvalue weighted by Gasteiger charge is -2.20. The summed E-state index contributed by atoms with van der Waals surface area (Å²) >= 11 is 0. The Morgan fingerprint density at radius 1 is 1.50 bits per heavy atom. The van der Waals surface area contributed by atoms with Gasteiger partial charge in [-0.25, -0.2) is 8.78 Å². The van der Waals surface area contributed by atoms with E-state index in [1.807, 2.05) is 13.8 Å². The van der Waals surface area contributed by atoms with Crippen LogP contribution in [0.1, 0.15) is 20.3 Å². The minimum atomic E-state index is -2.55. The fraction of sp³-hybridized carbons (Fsp3) is 0.889. The number of nitrogens with zero attached hydrogens (tertiary/aromatic N) is 2. The molecule has 0 aromatic rings. The van der Waals surface area contributed by atoms with Crippen molar-refractivity contribution in [3.63, 3.8) is 0 Å². The van der Waals surface area contributed by atoms with Crippen molar-refractivity contribution in [1.29, 1.82) is 0 Å². The number of hydrogen-bond donors (Lipinski definition) is 1. The molecule has 1 aliphatic heterocycles. The zero-order chi connectivity index (χ0) is 10.6. The predicted molar refractivity (Wildman–Crippen MR) is 52.8 cm³/mol. The summed E-state index contributed by atoms with van der Waals surface area (Å²) in [5.41, 5.74) is 0. The maximum atomic E-state index is 12.9. The largest absolute Gasteiger partial charge is 0.357 e. The van der Waals surface area contributed by atoms with Crippen LogP contribution in [0.4, 0.5) is 8.78 Å². The predicted octanol–water partition coefficient (Wildman–Crippen LogP) is 1.31. The van der Waals surface area contributed by atoms with Crippen LogP contribution in [0.5, 0.6) is 0 Å². The molecule has 0 aliphatic carbocycles. The van der Waals surface area contributed by atoms with Gasteiger partial charge in [0.25, 0.3) is 5.92 Å². The summed E-state index contributed by atoms with van der Waals surface area (Å²) in [6.45, 7) is 5.33. The van der Waals surface area contributed by atoms with Crippen LogP contribution in [0.25, 0.3) is 0 Å². The normalized spacial score (nSPS) is 21.4. The molecule has 3 nitrogen and oxygen atoms in total. The number of halogens is 2. The molecule has 1 heterocycles. The van der Waals surface area contributed by atoms with E-state index in [0.717, 1.165) is 0 Å². The molecule has 0 amide bonds. The smallest absolute Gasteiger partial charge is 0.267 e. The van der Waals surface area contributed by atoms with Crippen LogP contribution >= 0.6 is 0 Å². The van der Waals surface area contributed by atoms with Gasteiger partial charge in [0, 0.05) is 26.1 Å². The molecule has 0 bridgehead atoms. The third-order valence-electron chi connectivity index (χ3n) is 2.11. The average Bonchev–Trinajstić information content (AvgIpc) is 2.46. The van der Waals surface area contributed by atoms with E-state index in [9.17, 15) is 8.78 Å². The zero-order valence-electron chi connectivity index (χ0n) is 8.69. The number of nitrogens with one attached hydrogen (secondary N) is 1. The van der Waals surface area contributed by atoms with Gasteiger partial charge in [-0.3, -0.25) is 4.99 Å². The number of rotatable bonds is 2. The maximum absolute atomic E-state index is 12.9. The summed E-state index contributed by atoms with van der Waals surface area (Å²) in [4.78, 5) is 5.78. The second kappa shape index (κ2) is 4.57. The molecular weight excluding hydrogens is 188 g/mol. The standard InChI is InChI=1S/C9H17F2N3/c1-3-12-8(13-4-2)14-6-5-9(10,11)7-14/h3-7H2,1-2H3,(H,12,13). The number of alkyl halides is 2. The van der Waals surface area contributed by atoms with Crippen LogP contribution in [0.3, 0.4) is 0 Å². The second-order valence-electron chi connectivity index (χ2n) is 3.36. The van der Waals surface area contributed by atoms with Crippen LogP contribution in [-0.2, 0) is 0 Å². The number of hydrogen-bond acceptors (Lipinski definition) is 1. The van der Waals surface area contributed by atoms with Gasteiger partial charge in [0.2, 0.25) is 0 Å². The van der Waals surface area contributed by atoms with Crippen molar-refractivity contribution in [2.45, 2.75) is 26.2 Å². The average molecular weight is 205 g/mol. The lowest BCUT2D eigenvalue weighted by molar-refractivity contribution is 0.0173. The van der Waals surface area contributed by atoms with Gasteiger partial charge in [-0.15, -0.1) is 0 Å². The van der Waals surface area contributed by atoms with Crippen LogP contribution in [0, 0.1) is 0 Å². The summed E-state index contributed by atoms with van der Waals surface area (Å²) in [5, 5.41) is 3.01. The fourth-order valence-electron chi connectivity index (χ4n) is 1.49. The van der Waals surface area contributed by atoms with Crippen molar-refractivity contribution in [1.82, 2.24) is 10.2 Å². The van der Waals surface area contributed by atoms with E-state index in [1.165, 1.54) is 0 Å². The highest BCUT2D eigenvalue weighted by atomic mass is 19.3. The van der Waals surface area contributed by atoms with Crippen LogP contribution in [0.2, 0.25) is 0 Å². The third-order valence-corrected chi connectivity index (χ3v) is 2.11. The highest BCUT2D eigenvalue weighted by molar-refractivity contribution is 5.80. The first-order valence-electron chi connectivity index (χ1n) is 5.00. The molecule has 14 heavy (non-hydrogen) atoms. The summed E-state index contributed by atoms with van der Waals surface area (Å²) in [5.74, 6) is -1.95. The van der Waals surface area contributed by atoms with Crippen LogP contribution in [0.15, 0.2) is 4.99 Å². The summed E-state index contributed by atoms with van der Waals surface area (Å²) in [6.07, 6.45) is -0.0683. The molecule has 1 N–H and O–H groups in total. The van der Waals surface area contributed by atoms with Crippen molar-refractivity contribution < 1.29 is 8.78 Å². The van der Waals surface area contributed by atoms with Gasteiger partial charge in [0.15, 0.2) is 5.96 Å². The third kappa shape index (κ3) is 2.82. The van der Waals surface area contributed by atoms with Gasteiger partial charge in [0.05, 0.1) is 6.54 Å². The molecule has 82 valence electrons. The molecule has 0 aromatic heterocycles. The van der Waals surface area contributed by atoms with Gasteiger partial charge in [-0.1, -0.05) is 0 Å². The Balaban J connectivity index is 2.58. The Kier molecular flexibility index (Phi) is 3.66. The van der Waals surface area contributed by atoms with E-state index in [-0.39, 0.29) is 13.0 Å². The molecule has 1 rings (SSSR count). The minimum Gasteiger partial charge on any atom is -0.357 e. The zero-order valence-corrected chi connectivity index (χ0v) is 8.69. The number of likely N-dealkylation sites (tertiary alicyclic amines) is 1. The van der Waals surface area contributed by atoms with Gasteiger partial charge in [0.1, 0.15) is 0 Å². The Bertz CT molecular complexity index is 216. The Morgan fingerprint density at radius 2 is 2.21 bits per heavy atom. The van der Waals surface area contributed by atoms with Gasteiger partial charge in [-0.2, -0.15) is 0 Å². The Hall–Kier alpha value is -0.870. The van der Waals surface area contributed by atoms with Crippen molar-refractivity contribution in [2.24, 2.45) is 4.99 Å². The molecule has 0 radical (unpaired) electrons. The van der Waals surface area contributed by atoms with Gasteiger partial charge < -0.3 is 10.2 Å². The maximum Gasteiger partial charge on any atom is 0.267 e. The molecule has 0 atom stereocenters. The number of guanidine groups is 1. The number of aliphatic imine (C=N–C) groups is 1. The lowest BCUT2D eigenvalue weighted by Crippen LogP contribution is -2.41. The molecule has 0 unspecified atom stereocenters. The quantitative estimate of drug-likeness (QED) is 0.543. The van der Waals surface area contributed by atoms with E-state index in [0.29, 0.717) is 25.6 Å². The minimum absolute atomic E-state index is 0.0683. The Morgan fingerprint density at radius 3 is 2.64 bits per heavy atom. The molecular formula is C9H17F2N3. The van der Waals surface area contributed by atoms with E-state index in [1.54, 1.807) is 4.90 Å². The molecule has 1 fully saturated rings. The van der Waals surface area contributed by atoms with E-state index in [2.05, 4.69) is 10.3 Å². The molecule has 0 spiro atoms. The van der Waals surface area contributed by atoms with E-state index >= 15 is 0 Å². The summed E-state index contributed by atoms with van der Waals surface area (Å²) in [6, 6.07) is 0. The highest BCUT2D eigenvalue weighted by Crippen LogP contribution is 2.26. The monoisotopic (exact) mass is 205 g/mol. The summed E-state index contributed by atoms with van der Waals surface area (Å²) < 4.78 is 25.8. The first-order chi connectivity index (χ1) is 6.59. The first kappa shape index (κ1) is 11.2. The van der Waals surface area contributed by atoms with E-state index < -0.39 is 5.92 Å². The van der Waals surface area contributed by atoms with E-state index in [4.69, 9.17) is 0 Å².